The molecule has 0 radical (unpaired) electrons. The molecule has 3 amide bonds. The molecular formula is C40H60N8O8S4. The summed E-state index contributed by atoms with van der Waals surface area (Å²) in [4.78, 5) is 71.1. The van der Waals surface area contributed by atoms with Crippen LogP contribution in [0.5, 0.6) is 0 Å². The number of aromatic nitrogens is 4. The number of carbonyl (C=O) groups excluding carboxylic acids is 3. The van der Waals surface area contributed by atoms with E-state index in [1.807, 2.05) is 42.5 Å². The number of hydrogen-bond donors (Lipinski definition) is 5. The van der Waals surface area contributed by atoms with Crippen LogP contribution in [0.3, 0.4) is 0 Å². The zero-order valence-corrected chi connectivity index (χ0v) is 36.5. The number of H-pyrrole nitrogens is 2. The van der Waals surface area contributed by atoms with Gasteiger partial charge in [0.2, 0.25) is 12.3 Å². The van der Waals surface area contributed by atoms with Gasteiger partial charge in [0.25, 0.3) is 5.91 Å². The maximum Gasteiger partial charge on any atom is 0.407 e. The fourth-order valence-corrected chi connectivity index (χ4v) is 6.88. The third kappa shape index (κ3) is 12.8. The topological polar surface area (TPSA) is 208 Å². The van der Waals surface area contributed by atoms with Gasteiger partial charge in [0.05, 0.1) is 61.4 Å². The maximum absolute atomic E-state index is 13.4. The summed E-state index contributed by atoms with van der Waals surface area (Å²) in [6, 6.07) is 10.6. The van der Waals surface area contributed by atoms with Crippen molar-refractivity contribution in [2.24, 2.45) is 4.99 Å². The van der Waals surface area contributed by atoms with Gasteiger partial charge in [0.1, 0.15) is 17.7 Å². The number of fused-ring (bicyclic) bond motifs is 1. The molecule has 0 spiro atoms. The Morgan fingerprint density at radius 3 is 2.07 bits per heavy atom. The smallest absolute Gasteiger partial charge is 0.407 e. The third-order valence-electron chi connectivity index (χ3n) is 9.62. The molecule has 2 fully saturated rings. The van der Waals surface area contributed by atoms with Gasteiger partial charge in [-0.2, -0.15) is 58.9 Å². The monoisotopic (exact) mass is 908 g/mol. The normalized spacial score (nSPS) is 17.4. The van der Waals surface area contributed by atoms with Crippen molar-refractivity contribution in [2.45, 2.75) is 90.8 Å². The van der Waals surface area contributed by atoms with Crippen LogP contribution in [0.15, 0.2) is 53.7 Å². The summed E-state index contributed by atoms with van der Waals surface area (Å²) in [6.07, 6.45) is 2.78. The van der Waals surface area contributed by atoms with Crippen LogP contribution in [0.2, 0.25) is 0 Å². The number of aromatic amines is 2. The molecule has 6 atom stereocenters. The molecule has 5 N–H and O–H groups in total. The molecule has 2 aromatic carbocycles. The van der Waals surface area contributed by atoms with E-state index < -0.39 is 36.3 Å². The molecule has 60 heavy (non-hydrogen) atoms. The number of hydrogen-bond acceptors (Lipinski definition) is 11. The average Bonchev–Trinajstić information content (AvgIpc) is 4.00. The van der Waals surface area contributed by atoms with Crippen LogP contribution >= 0.6 is 54.0 Å². The molecule has 0 aliphatic carbocycles. The van der Waals surface area contributed by atoms with Crippen molar-refractivity contribution >= 4 is 89.3 Å². The number of benzene rings is 2. The van der Waals surface area contributed by atoms with E-state index in [0.717, 1.165) is 59.1 Å². The minimum absolute atomic E-state index is 0. The van der Waals surface area contributed by atoms with Gasteiger partial charge >= 0.3 is 6.09 Å². The predicted octanol–water partition coefficient (Wildman–Crippen LogP) is 4.86. The largest absolute Gasteiger partial charge is 0.453 e. The van der Waals surface area contributed by atoms with Crippen molar-refractivity contribution in [1.29, 1.82) is 0 Å². The van der Waals surface area contributed by atoms with Gasteiger partial charge in [-0.3, -0.25) is 9.59 Å². The number of likely N-dealkylation sites (tertiary alicyclic amines) is 2. The van der Waals surface area contributed by atoms with Crippen LogP contribution in [0.25, 0.3) is 22.3 Å². The summed E-state index contributed by atoms with van der Waals surface area (Å²) in [6.45, 7) is 3.95. The lowest BCUT2D eigenvalue weighted by atomic mass is 10.1. The first kappa shape index (κ1) is 55.6. The summed E-state index contributed by atoms with van der Waals surface area (Å²) in [5, 5.41) is 22.9. The number of amides is 3. The molecule has 20 heteroatoms. The summed E-state index contributed by atoms with van der Waals surface area (Å²) in [5.41, 5.74) is 4.80. The quantitative estimate of drug-likeness (QED) is 0.0454. The first-order chi connectivity index (χ1) is 26.1. The van der Waals surface area contributed by atoms with E-state index >= 15 is 0 Å². The number of imidazole rings is 2. The van der Waals surface area contributed by atoms with Crippen LogP contribution in [0.1, 0.15) is 89.2 Å². The summed E-state index contributed by atoms with van der Waals surface area (Å²) in [7, 11) is 2.52. The Labute approximate surface area is 379 Å². The lowest BCUT2D eigenvalue weighted by Gasteiger charge is -2.29. The van der Waals surface area contributed by atoms with Crippen molar-refractivity contribution in [1.82, 2.24) is 35.1 Å². The summed E-state index contributed by atoms with van der Waals surface area (Å²) < 4.78 is 4.64. The number of methoxy groups -OCH3 is 1. The third-order valence-corrected chi connectivity index (χ3v) is 9.62. The van der Waals surface area contributed by atoms with Gasteiger partial charge < -0.3 is 44.9 Å². The van der Waals surface area contributed by atoms with Gasteiger partial charge in [-0.25, -0.2) is 19.8 Å². The van der Waals surface area contributed by atoms with Crippen molar-refractivity contribution in [3.8, 4) is 23.1 Å². The van der Waals surface area contributed by atoms with E-state index in [1.165, 1.54) is 28.1 Å². The summed E-state index contributed by atoms with van der Waals surface area (Å²) >= 11 is 0. The molecule has 4 heterocycles. The van der Waals surface area contributed by atoms with Crippen molar-refractivity contribution in [2.75, 3.05) is 27.3 Å². The minimum Gasteiger partial charge on any atom is -0.453 e. The average molecular weight is 909 g/mol. The van der Waals surface area contributed by atoms with Crippen molar-refractivity contribution in [3.63, 3.8) is 0 Å². The van der Waals surface area contributed by atoms with Crippen LogP contribution in [-0.2, 0) is 24.1 Å². The lowest BCUT2D eigenvalue weighted by molar-refractivity contribution is -0.188. The van der Waals surface area contributed by atoms with Crippen LogP contribution < -0.4 is 5.32 Å². The highest BCUT2D eigenvalue weighted by molar-refractivity contribution is 7.59. The molecule has 0 unspecified atom stereocenters. The number of alkyl carbamates (subject to hydrolysis) is 1. The highest BCUT2D eigenvalue weighted by Gasteiger charge is 2.39. The molecule has 0 saturated carbocycles. The number of nitrogens with one attached hydrogen (secondary N) is 3. The standard InChI is InChI=1S/C38H44N8O8.2CH4.4H2S/c1-22(47)32(40-21-54-53-4)36(49)45-17-5-7-30(45)34-39-20-29(43-34)26-14-11-24(12-15-26)9-10-25-13-16-27-28(19-25)42-35(41-27)31-8-6-18-46(31)37(50)33(23(2)48)44-38(51)52-3;;;;;;/h11-16,19-23,30-33,47-48H,5-8,17-18H2,1-4H3,(H,39,43)(H,41,42)(H,44,51);2*1H4;4*1H2/t22-,23-,30+,31+,32+,33+;;;;;;/m1....../s1. The number of ether oxygens (including phenoxy) is 1. The van der Waals surface area contributed by atoms with E-state index in [9.17, 15) is 24.6 Å². The Balaban J connectivity index is 0.00000580. The molecule has 2 aromatic heterocycles. The zero-order valence-electron chi connectivity index (χ0n) is 32.5. The molecule has 2 aliphatic rings. The fraction of sp³-hybridized carbons (Fsp3) is 0.450. The van der Waals surface area contributed by atoms with Gasteiger partial charge in [-0.1, -0.05) is 38.8 Å². The van der Waals surface area contributed by atoms with Gasteiger partial charge in [0, 0.05) is 24.2 Å². The van der Waals surface area contributed by atoms with Crippen LogP contribution in [-0.4, -0.2) is 116 Å². The minimum atomic E-state index is -1.14. The number of aliphatic hydroxyl groups is 2. The summed E-state index contributed by atoms with van der Waals surface area (Å²) in [5.74, 6) is 6.99. The Morgan fingerprint density at radius 1 is 0.867 bits per heavy atom. The second-order valence-electron chi connectivity index (χ2n) is 13.3. The zero-order chi connectivity index (χ0) is 38.4. The number of rotatable bonds is 11. The van der Waals surface area contributed by atoms with Crippen LogP contribution in [0.4, 0.5) is 4.79 Å². The van der Waals surface area contributed by atoms with E-state index in [1.54, 1.807) is 16.0 Å². The Kier molecular flexibility index (Phi) is 23.6. The molecule has 2 saturated heterocycles. The maximum atomic E-state index is 13.4. The van der Waals surface area contributed by atoms with Gasteiger partial charge in [-0.15, -0.1) is 0 Å². The van der Waals surface area contributed by atoms with E-state index in [-0.39, 0.29) is 86.8 Å². The Morgan fingerprint density at radius 2 is 1.47 bits per heavy atom. The highest BCUT2D eigenvalue weighted by Crippen LogP contribution is 2.34. The van der Waals surface area contributed by atoms with Gasteiger partial charge in [-0.05, 0) is 75.4 Å². The van der Waals surface area contributed by atoms with Crippen molar-refractivity contribution < 1.29 is 39.1 Å². The Hall–Kier alpha value is -4.36. The molecule has 0 bridgehead atoms. The SMILES string of the molecule is C.C.COOC=N[C@H](C(=O)N1CCC[C@H]1c1ncc(-c2ccc(C#Cc3ccc4nc([C@@H]5CCCN5C(=O)[C@@H](NC(=O)OC)[C@@H](C)O)[nH]c4c3)cc2)[nH]1)[C@@H](C)O.S.S.S.S. The molecule has 16 nitrogen and oxygen atoms in total. The predicted molar refractivity (Wildman–Crippen MR) is 252 cm³/mol. The molecule has 2 aliphatic heterocycles. The first-order valence-electron chi connectivity index (χ1n) is 17.8. The molecular weight excluding hydrogens is 849 g/mol. The number of aliphatic hydroxyl groups excluding tert-OH is 2. The molecule has 4 aromatic rings. The van der Waals surface area contributed by atoms with E-state index in [4.69, 9.17) is 4.98 Å². The second kappa shape index (κ2) is 25.4. The molecule has 6 rings (SSSR count). The van der Waals surface area contributed by atoms with E-state index in [0.29, 0.717) is 31.2 Å². The number of aliphatic imine (C=N–C) groups is 1. The first-order valence-corrected chi connectivity index (χ1v) is 17.8. The highest BCUT2D eigenvalue weighted by atomic mass is 32.1. The lowest BCUT2D eigenvalue weighted by Crippen LogP contribution is -2.53. The number of nitrogens with zero attached hydrogens (tertiary/aromatic N) is 5. The Bertz CT molecular complexity index is 2070. The van der Waals surface area contributed by atoms with Crippen molar-refractivity contribution in [3.05, 3.63) is 71.4 Å². The van der Waals surface area contributed by atoms with Gasteiger partial charge in [0.15, 0.2) is 6.04 Å². The van der Waals surface area contributed by atoms with Crippen LogP contribution in [0, 0.1) is 11.8 Å². The van der Waals surface area contributed by atoms with E-state index in [2.05, 4.69) is 51.6 Å². The fourth-order valence-electron chi connectivity index (χ4n) is 6.88. The second-order valence-corrected chi connectivity index (χ2v) is 13.3. The molecule has 332 valence electrons. The number of carbonyl (C=O) groups is 3.